The second-order valence-corrected chi connectivity index (χ2v) is 10.2. The van der Waals surface area contributed by atoms with E-state index in [2.05, 4.69) is 15.3 Å². The number of benzene rings is 2. The topological polar surface area (TPSA) is 176 Å². The molecule has 2 aromatic carbocycles. The average molecular weight is 622 g/mol. The summed E-state index contributed by atoms with van der Waals surface area (Å²) >= 11 is 1.09. The highest BCUT2D eigenvalue weighted by Crippen LogP contribution is 2.21. The highest BCUT2D eigenvalue weighted by atomic mass is 32.1. The molecule has 1 aromatic heterocycles. The minimum atomic E-state index is -5.08. The fourth-order valence-corrected chi connectivity index (χ4v) is 4.72. The van der Waals surface area contributed by atoms with E-state index in [1.54, 1.807) is 35.9 Å². The Morgan fingerprint density at radius 2 is 1.56 bits per heavy atom. The summed E-state index contributed by atoms with van der Waals surface area (Å²) in [7, 11) is 1.75. The van der Waals surface area contributed by atoms with Crippen LogP contribution in [0.5, 0.6) is 0 Å². The molecule has 1 heterocycles. The maximum atomic E-state index is 12.9. The number of carboxylic acids is 2. The van der Waals surface area contributed by atoms with Gasteiger partial charge in [-0.15, -0.1) is 0 Å². The molecule has 11 nitrogen and oxygen atoms in total. The van der Waals surface area contributed by atoms with Crippen LogP contribution in [0.3, 0.4) is 0 Å². The van der Waals surface area contributed by atoms with Gasteiger partial charge in [-0.05, 0) is 23.6 Å². The Labute approximate surface area is 248 Å². The van der Waals surface area contributed by atoms with Crippen LogP contribution in [0.25, 0.3) is 0 Å². The summed E-state index contributed by atoms with van der Waals surface area (Å²) in [5.74, 6) is -4.22. The van der Waals surface area contributed by atoms with Crippen molar-refractivity contribution in [1.82, 2.24) is 9.88 Å². The SMILES string of the molecule is CC(C)c1c(C(=O)NCCC(=O)O)sc(=NC(=O)c2ccc(C(N)=NCc3ccccc3)cc2)n1C.O=C(O)C(F)(F)F. The van der Waals surface area contributed by atoms with E-state index in [1.165, 1.54) is 0 Å². The van der Waals surface area contributed by atoms with Crippen molar-refractivity contribution in [1.29, 1.82) is 0 Å². The van der Waals surface area contributed by atoms with Gasteiger partial charge in [0.2, 0.25) is 0 Å². The molecule has 0 fully saturated rings. The normalized spacial score (nSPS) is 12.0. The van der Waals surface area contributed by atoms with E-state index in [4.69, 9.17) is 20.7 Å². The summed E-state index contributed by atoms with van der Waals surface area (Å²) in [4.78, 5) is 54.6. The maximum absolute atomic E-state index is 12.9. The van der Waals surface area contributed by atoms with Crippen molar-refractivity contribution >= 4 is 40.9 Å². The van der Waals surface area contributed by atoms with Crippen LogP contribution in [0.4, 0.5) is 13.2 Å². The number of carbonyl (C=O) groups is 4. The predicted molar refractivity (Wildman–Crippen MR) is 153 cm³/mol. The number of aliphatic imine (C=N–C) groups is 1. The first kappa shape index (κ1) is 34.4. The lowest BCUT2D eigenvalue weighted by molar-refractivity contribution is -0.192. The van der Waals surface area contributed by atoms with E-state index in [1.807, 2.05) is 44.2 Å². The number of halogens is 3. The second-order valence-electron chi connectivity index (χ2n) is 9.20. The van der Waals surface area contributed by atoms with Crippen LogP contribution < -0.4 is 15.9 Å². The van der Waals surface area contributed by atoms with Gasteiger partial charge in [0, 0.05) is 30.4 Å². The number of nitrogens with zero attached hydrogens (tertiary/aromatic N) is 3. The molecule has 0 radical (unpaired) electrons. The summed E-state index contributed by atoms with van der Waals surface area (Å²) < 4.78 is 33.5. The Morgan fingerprint density at radius 3 is 2.07 bits per heavy atom. The number of amidine groups is 1. The number of carboxylic acid groups (broad SMARTS) is 2. The second kappa shape index (κ2) is 15.4. The van der Waals surface area contributed by atoms with E-state index in [0.29, 0.717) is 33.2 Å². The van der Waals surface area contributed by atoms with Gasteiger partial charge in [-0.1, -0.05) is 67.6 Å². The number of amides is 2. The van der Waals surface area contributed by atoms with E-state index in [0.717, 1.165) is 22.6 Å². The van der Waals surface area contributed by atoms with Gasteiger partial charge in [0.15, 0.2) is 4.80 Å². The average Bonchev–Trinajstić information content (AvgIpc) is 3.27. The molecule has 3 rings (SSSR count). The molecule has 3 aromatic rings. The number of thiazole rings is 1. The molecule has 5 N–H and O–H groups in total. The van der Waals surface area contributed by atoms with Crippen LogP contribution in [0.15, 0.2) is 64.6 Å². The number of nitrogens with one attached hydrogen (secondary N) is 1. The number of rotatable bonds is 9. The number of hydrogen-bond donors (Lipinski definition) is 4. The van der Waals surface area contributed by atoms with Crippen molar-refractivity contribution in [3.05, 3.63) is 86.7 Å². The molecule has 0 spiro atoms. The summed E-state index contributed by atoms with van der Waals surface area (Å²) in [6.45, 7) is 4.35. The number of aromatic nitrogens is 1. The van der Waals surface area contributed by atoms with Gasteiger partial charge in [-0.2, -0.15) is 18.2 Å². The zero-order chi connectivity index (χ0) is 32.3. The van der Waals surface area contributed by atoms with Crippen molar-refractivity contribution in [3.63, 3.8) is 0 Å². The Bertz CT molecular complexity index is 1550. The maximum Gasteiger partial charge on any atom is 0.490 e. The quantitative estimate of drug-likeness (QED) is 0.208. The Kier molecular flexibility index (Phi) is 12.4. The number of alkyl halides is 3. The molecule has 43 heavy (non-hydrogen) atoms. The molecule has 15 heteroatoms. The minimum absolute atomic E-state index is 0.0112. The summed E-state index contributed by atoms with van der Waals surface area (Å²) in [6, 6.07) is 16.5. The standard InChI is InChI=1S/C26H29N5O4S.C2HF3O2/c1-16(2)21-22(25(35)28-14-13-20(32)33)36-26(31(21)3)30-24(34)19-11-9-18(10-12-19)23(27)29-15-17-7-5-4-6-8-17;3-2(4,5)1(6)7/h4-12,16H,13-15H2,1-3H3,(H2,27,29)(H,28,35)(H,32,33);(H,6,7). The van der Waals surface area contributed by atoms with Crippen molar-refractivity contribution in [3.8, 4) is 0 Å². The Morgan fingerprint density at radius 1 is 1.00 bits per heavy atom. The van der Waals surface area contributed by atoms with Crippen molar-refractivity contribution < 1.29 is 42.6 Å². The van der Waals surface area contributed by atoms with Gasteiger partial charge >= 0.3 is 18.1 Å². The van der Waals surface area contributed by atoms with Gasteiger partial charge < -0.3 is 25.8 Å². The third kappa shape index (κ3) is 10.5. The Balaban J connectivity index is 0.000000821. The molecule has 0 saturated carbocycles. The van der Waals surface area contributed by atoms with E-state index < -0.39 is 24.0 Å². The summed E-state index contributed by atoms with van der Waals surface area (Å²) in [5.41, 5.74) is 8.95. The summed E-state index contributed by atoms with van der Waals surface area (Å²) in [5, 5.41) is 18.5. The van der Waals surface area contributed by atoms with Gasteiger partial charge in [0.05, 0.1) is 13.0 Å². The molecule has 0 unspecified atom stereocenters. The Hall–Kier alpha value is -4.79. The van der Waals surface area contributed by atoms with Gasteiger partial charge in [0.25, 0.3) is 11.8 Å². The van der Waals surface area contributed by atoms with E-state index >= 15 is 0 Å². The zero-order valence-corrected chi connectivity index (χ0v) is 24.2. The highest BCUT2D eigenvalue weighted by Gasteiger charge is 2.38. The van der Waals surface area contributed by atoms with Crippen molar-refractivity contribution in [2.24, 2.45) is 22.8 Å². The predicted octanol–water partition coefficient (Wildman–Crippen LogP) is 3.69. The zero-order valence-electron chi connectivity index (χ0n) is 23.4. The molecule has 0 atom stereocenters. The molecule has 2 amide bonds. The third-order valence-corrected chi connectivity index (χ3v) is 6.74. The fourth-order valence-electron chi connectivity index (χ4n) is 3.53. The van der Waals surface area contributed by atoms with Crippen LogP contribution in [-0.2, 0) is 23.2 Å². The molecule has 0 aliphatic heterocycles. The number of hydrogen-bond acceptors (Lipinski definition) is 6. The van der Waals surface area contributed by atoms with E-state index in [9.17, 15) is 27.6 Å². The number of aliphatic carboxylic acids is 2. The number of nitrogens with two attached hydrogens (primary N) is 1. The third-order valence-electron chi connectivity index (χ3n) is 5.59. The van der Waals surface area contributed by atoms with Crippen molar-refractivity contribution in [2.75, 3.05) is 6.54 Å². The first-order valence-corrected chi connectivity index (χ1v) is 13.5. The molecular weight excluding hydrogens is 591 g/mol. The van der Waals surface area contributed by atoms with Crippen LogP contribution >= 0.6 is 11.3 Å². The highest BCUT2D eigenvalue weighted by molar-refractivity contribution is 7.11. The van der Waals surface area contributed by atoms with Crippen LogP contribution in [-0.4, -0.2) is 57.1 Å². The lowest BCUT2D eigenvalue weighted by Gasteiger charge is -2.10. The van der Waals surface area contributed by atoms with E-state index in [-0.39, 0.29) is 24.8 Å². The van der Waals surface area contributed by atoms with Gasteiger partial charge in [-0.25, -0.2) is 4.79 Å². The molecule has 0 bridgehead atoms. The molecular formula is C28H30F3N5O6S. The van der Waals surface area contributed by atoms with Crippen molar-refractivity contribution in [2.45, 2.75) is 38.9 Å². The largest absolute Gasteiger partial charge is 0.490 e. The molecule has 0 saturated heterocycles. The minimum Gasteiger partial charge on any atom is -0.481 e. The lowest BCUT2D eigenvalue weighted by Crippen LogP contribution is -2.26. The smallest absolute Gasteiger partial charge is 0.481 e. The first-order chi connectivity index (χ1) is 20.1. The van der Waals surface area contributed by atoms with Gasteiger partial charge in [0.1, 0.15) is 10.7 Å². The molecule has 0 aliphatic carbocycles. The number of carbonyl (C=O) groups excluding carboxylic acids is 2. The lowest BCUT2D eigenvalue weighted by atomic mass is 10.1. The fraction of sp³-hybridized carbons (Fsp3) is 0.286. The molecule has 0 aliphatic rings. The molecule has 230 valence electrons. The summed E-state index contributed by atoms with van der Waals surface area (Å²) in [6.07, 6.45) is -5.26. The van der Waals surface area contributed by atoms with Gasteiger partial charge in [-0.3, -0.25) is 19.4 Å². The monoisotopic (exact) mass is 621 g/mol. The van der Waals surface area contributed by atoms with Crippen LogP contribution in [0, 0.1) is 0 Å². The van der Waals surface area contributed by atoms with Crippen LogP contribution in [0.2, 0.25) is 0 Å². The van der Waals surface area contributed by atoms with Crippen LogP contribution in [0.1, 0.15) is 63.0 Å². The first-order valence-electron chi connectivity index (χ1n) is 12.6.